The first-order valence-corrected chi connectivity index (χ1v) is 6.81. The highest BCUT2D eigenvalue weighted by Crippen LogP contribution is 2.40. The van der Waals surface area contributed by atoms with Crippen molar-refractivity contribution in [3.63, 3.8) is 0 Å². The second kappa shape index (κ2) is 6.71. The number of halogens is 2. The van der Waals surface area contributed by atoms with Gasteiger partial charge < -0.3 is 15.9 Å². The van der Waals surface area contributed by atoms with Crippen LogP contribution in [0.15, 0.2) is 16.6 Å². The van der Waals surface area contributed by atoms with E-state index in [2.05, 4.69) is 15.9 Å². The van der Waals surface area contributed by atoms with Crippen LogP contribution >= 0.6 is 28.3 Å². The number of non-ortho nitro benzene ring substituents is 1. The number of phenolic OH excluding ortho intramolecular Hbond substituents is 1. The predicted molar refractivity (Wildman–Crippen MR) is 80.0 cm³/mol. The van der Waals surface area contributed by atoms with Gasteiger partial charge in [0.25, 0.3) is 5.69 Å². The minimum absolute atomic E-state index is 0. The molecule has 2 atom stereocenters. The Morgan fingerprint density at radius 3 is 2.50 bits per heavy atom. The first kappa shape index (κ1) is 17.2. The second-order valence-electron chi connectivity index (χ2n) is 4.83. The first-order chi connectivity index (χ1) is 8.91. The molecule has 0 saturated heterocycles. The number of nitro benzene ring substituents is 1. The van der Waals surface area contributed by atoms with Gasteiger partial charge in [0.05, 0.1) is 21.5 Å². The zero-order valence-electron chi connectivity index (χ0n) is 10.5. The van der Waals surface area contributed by atoms with E-state index in [0.717, 1.165) is 19.3 Å². The summed E-state index contributed by atoms with van der Waals surface area (Å²) in [5.74, 6) is -0.0519. The highest BCUT2D eigenvalue weighted by molar-refractivity contribution is 9.10. The summed E-state index contributed by atoms with van der Waals surface area (Å²) in [6.45, 7) is 0. The molecule has 0 aliphatic heterocycles. The average Bonchev–Trinajstić information content (AvgIpc) is 2.29. The molecule has 1 aliphatic carbocycles. The normalized spacial score (nSPS) is 17.8. The van der Waals surface area contributed by atoms with Gasteiger partial charge >= 0.3 is 0 Å². The Kier molecular flexibility index (Phi) is 5.76. The van der Waals surface area contributed by atoms with Gasteiger partial charge in [-0.2, -0.15) is 0 Å². The number of aromatic hydroxyl groups is 1. The van der Waals surface area contributed by atoms with Gasteiger partial charge in [-0.25, -0.2) is 0 Å². The molecule has 112 valence electrons. The van der Waals surface area contributed by atoms with Gasteiger partial charge in [0, 0.05) is 17.7 Å². The third-order valence-corrected chi connectivity index (χ3v) is 4.25. The Labute approximate surface area is 130 Å². The number of benzene rings is 1. The molecule has 2 rings (SSSR count). The van der Waals surface area contributed by atoms with Gasteiger partial charge in [0.2, 0.25) is 0 Å². The van der Waals surface area contributed by atoms with Crippen molar-refractivity contribution in [2.75, 3.05) is 0 Å². The third kappa shape index (κ3) is 3.22. The van der Waals surface area contributed by atoms with Crippen LogP contribution in [0, 0.1) is 16.0 Å². The molecule has 4 N–H and O–H groups in total. The summed E-state index contributed by atoms with van der Waals surface area (Å²) in [7, 11) is 0. The highest BCUT2D eigenvalue weighted by atomic mass is 79.9. The van der Waals surface area contributed by atoms with Crippen LogP contribution in [0.4, 0.5) is 5.69 Å². The van der Waals surface area contributed by atoms with Crippen molar-refractivity contribution in [1.29, 1.82) is 0 Å². The van der Waals surface area contributed by atoms with Crippen LogP contribution < -0.4 is 5.73 Å². The van der Waals surface area contributed by atoms with Gasteiger partial charge in [0.15, 0.2) is 0 Å². The van der Waals surface area contributed by atoms with Crippen molar-refractivity contribution in [2.45, 2.75) is 31.4 Å². The molecule has 6 nitrogen and oxygen atoms in total. The molecule has 1 aromatic carbocycles. The molecule has 0 amide bonds. The maximum Gasteiger partial charge on any atom is 0.271 e. The third-order valence-electron chi connectivity index (χ3n) is 3.65. The topological polar surface area (TPSA) is 110 Å². The van der Waals surface area contributed by atoms with E-state index in [0.29, 0.717) is 0 Å². The SMILES string of the molecule is Cl.N[C@@H](c1cc([N+](=O)[O-])cc(Br)c1O)[C@H](O)C1CCC1. The average molecular weight is 368 g/mol. The van der Waals surface area contributed by atoms with Gasteiger partial charge in [-0.05, 0) is 34.7 Å². The van der Waals surface area contributed by atoms with E-state index >= 15 is 0 Å². The molecule has 20 heavy (non-hydrogen) atoms. The zero-order valence-corrected chi connectivity index (χ0v) is 12.9. The number of rotatable bonds is 4. The number of phenols is 1. The first-order valence-electron chi connectivity index (χ1n) is 6.02. The lowest BCUT2D eigenvalue weighted by Crippen LogP contribution is -2.36. The van der Waals surface area contributed by atoms with Crippen LogP contribution in [0.5, 0.6) is 5.75 Å². The van der Waals surface area contributed by atoms with Gasteiger partial charge in [-0.1, -0.05) is 6.42 Å². The fourth-order valence-electron chi connectivity index (χ4n) is 2.22. The molecule has 0 aromatic heterocycles. The van der Waals surface area contributed by atoms with E-state index in [1.165, 1.54) is 12.1 Å². The van der Waals surface area contributed by atoms with Gasteiger partial charge in [-0.3, -0.25) is 10.1 Å². The Balaban J connectivity index is 0.00000200. The molecule has 0 heterocycles. The second-order valence-corrected chi connectivity index (χ2v) is 5.68. The van der Waals surface area contributed by atoms with Crippen molar-refractivity contribution < 1.29 is 15.1 Å². The Hall–Kier alpha value is -0.890. The standard InChI is InChI=1S/C12H15BrN2O4.ClH/c13-9-5-7(15(18)19)4-8(12(9)17)10(14)11(16)6-2-1-3-6;/h4-6,10-11,16-17H,1-3,14H2;1H/t10-,11+;/m0./s1. The van der Waals surface area contributed by atoms with Crippen LogP contribution in [0.3, 0.4) is 0 Å². The minimum Gasteiger partial charge on any atom is -0.506 e. The molecular weight excluding hydrogens is 351 g/mol. The summed E-state index contributed by atoms with van der Waals surface area (Å²) in [5, 5.41) is 30.9. The minimum atomic E-state index is -0.832. The molecule has 8 heteroatoms. The molecular formula is C12H16BrClN2O4. The summed E-state index contributed by atoms with van der Waals surface area (Å²) in [6, 6.07) is 1.59. The van der Waals surface area contributed by atoms with Crippen molar-refractivity contribution in [1.82, 2.24) is 0 Å². The van der Waals surface area contributed by atoms with Crippen molar-refractivity contribution in [2.24, 2.45) is 11.7 Å². The maximum absolute atomic E-state index is 10.8. The van der Waals surface area contributed by atoms with E-state index in [-0.39, 0.29) is 39.8 Å². The van der Waals surface area contributed by atoms with Crippen LogP contribution in [-0.2, 0) is 0 Å². The number of nitrogens with zero attached hydrogens (tertiary/aromatic N) is 1. The van der Waals surface area contributed by atoms with Crippen molar-refractivity contribution >= 4 is 34.0 Å². The molecule has 0 unspecified atom stereocenters. The van der Waals surface area contributed by atoms with Crippen LogP contribution in [-0.4, -0.2) is 21.2 Å². The molecule has 1 aliphatic rings. The molecule has 1 aromatic rings. The molecule has 0 radical (unpaired) electrons. The number of nitro groups is 1. The maximum atomic E-state index is 10.8. The molecule has 0 bridgehead atoms. The molecule has 0 spiro atoms. The smallest absolute Gasteiger partial charge is 0.271 e. The predicted octanol–water partition coefficient (Wildman–Crippen LogP) is 2.65. The number of aliphatic hydroxyl groups excluding tert-OH is 1. The molecule has 1 saturated carbocycles. The number of hydrogen-bond acceptors (Lipinski definition) is 5. The lowest BCUT2D eigenvalue weighted by atomic mass is 9.77. The quantitative estimate of drug-likeness (QED) is 0.560. The van der Waals surface area contributed by atoms with Crippen LogP contribution in [0.1, 0.15) is 30.9 Å². The number of nitrogens with two attached hydrogens (primary N) is 1. The lowest BCUT2D eigenvalue weighted by molar-refractivity contribution is -0.385. The fraction of sp³-hybridized carbons (Fsp3) is 0.500. The monoisotopic (exact) mass is 366 g/mol. The van der Waals surface area contributed by atoms with E-state index in [1.54, 1.807) is 0 Å². The van der Waals surface area contributed by atoms with Crippen LogP contribution in [0.2, 0.25) is 0 Å². The van der Waals surface area contributed by atoms with E-state index in [9.17, 15) is 20.3 Å². The van der Waals surface area contributed by atoms with E-state index in [1.807, 2.05) is 0 Å². The number of aliphatic hydroxyl groups is 1. The summed E-state index contributed by atoms with van der Waals surface area (Å²) in [5.41, 5.74) is 5.96. The van der Waals surface area contributed by atoms with E-state index in [4.69, 9.17) is 5.73 Å². The lowest BCUT2D eigenvalue weighted by Gasteiger charge is -2.34. The van der Waals surface area contributed by atoms with E-state index < -0.39 is 17.1 Å². The Morgan fingerprint density at radius 1 is 1.45 bits per heavy atom. The summed E-state index contributed by atoms with van der Waals surface area (Å²) in [4.78, 5) is 10.3. The van der Waals surface area contributed by atoms with Crippen molar-refractivity contribution in [3.8, 4) is 5.75 Å². The Bertz CT molecular complexity index is 510. The van der Waals surface area contributed by atoms with Gasteiger partial charge in [0.1, 0.15) is 5.75 Å². The fourth-order valence-corrected chi connectivity index (χ4v) is 2.69. The largest absolute Gasteiger partial charge is 0.506 e. The zero-order chi connectivity index (χ0) is 14.2. The highest BCUT2D eigenvalue weighted by Gasteiger charge is 2.33. The van der Waals surface area contributed by atoms with Crippen LogP contribution in [0.25, 0.3) is 0 Å². The molecule has 1 fully saturated rings. The number of hydrogen-bond donors (Lipinski definition) is 3. The summed E-state index contributed by atoms with van der Waals surface area (Å²) in [6.07, 6.45) is 2.05. The van der Waals surface area contributed by atoms with Crippen molar-refractivity contribution in [3.05, 3.63) is 32.3 Å². The Morgan fingerprint density at radius 2 is 2.05 bits per heavy atom. The summed E-state index contributed by atoms with van der Waals surface area (Å²) >= 11 is 3.06. The van der Waals surface area contributed by atoms with Gasteiger partial charge in [-0.15, -0.1) is 12.4 Å². The summed E-state index contributed by atoms with van der Waals surface area (Å²) < 4.78 is 0.202.